The molecule has 1 fully saturated rings. The highest BCUT2D eigenvalue weighted by molar-refractivity contribution is 5.91. The van der Waals surface area contributed by atoms with E-state index in [0.717, 1.165) is 25.8 Å². The van der Waals surface area contributed by atoms with Crippen LogP contribution in [0.3, 0.4) is 0 Å². The molecule has 31 heavy (non-hydrogen) atoms. The van der Waals surface area contributed by atoms with Gasteiger partial charge in [0.05, 0.1) is 18.7 Å². The molecule has 0 aromatic heterocycles. The van der Waals surface area contributed by atoms with E-state index in [9.17, 15) is 14.4 Å². The minimum Gasteiger partial charge on any atom is -0.463 e. The molecular formula is C24H43N3O4. The van der Waals surface area contributed by atoms with Gasteiger partial charge in [-0.3, -0.25) is 14.5 Å². The fraction of sp³-hybridized carbons (Fsp3) is 0.792. The van der Waals surface area contributed by atoms with Crippen molar-refractivity contribution in [1.29, 1.82) is 0 Å². The number of esters is 1. The molecule has 0 aliphatic carbocycles. The lowest BCUT2D eigenvalue weighted by atomic mass is 9.84. The Hall–Kier alpha value is -1.89. The predicted molar refractivity (Wildman–Crippen MR) is 123 cm³/mol. The van der Waals surface area contributed by atoms with Gasteiger partial charge >= 0.3 is 5.97 Å². The topological polar surface area (TPSA) is 79.0 Å². The molecule has 1 aliphatic heterocycles. The lowest BCUT2D eigenvalue weighted by Crippen LogP contribution is -2.59. The number of nitrogens with zero attached hydrogens (tertiary/aromatic N) is 2. The number of hydrogen-bond donors (Lipinski definition) is 1. The highest BCUT2D eigenvalue weighted by Gasteiger charge is 2.39. The second-order valence-corrected chi connectivity index (χ2v) is 10.1. The zero-order valence-corrected chi connectivity index (χ0v) is 20.9. The third-order valence-electron chi connectivity index (χ3n) is 5.97. The number of likely N-dealkylation sites (N-methyl/N-ethyl adjacent to an activating group) is 2. The quantitative estimate of drug-likeness (QED) is 0.466. The first-order chi connectivity index (χ1) is 14.3. The van der Waals surface area contributed by atoms with Crippen LogP contribution in [0.2, 0.25) is 0 Å². The molecule has 3 atom stereocenters. The molecule has 1 unspecified atom stereocenters. The van der Waals surface area contributed by atoms with E-state index in [0.29, 0.717) is 12.2 Å². The number of rotatable bonds is 8. The Kier molecular flexibility index (Phi) is 10.2. The van der Waals surface area contributed by atoms with Gasteiger partial charge in [-0.15, -0.1) is 0 Å². The second-order valence-electron chi connectivity index (χ2n) is 10.1. The molecule has 0 spiro atoms. The van der Waals surface area contributed by atoms with Crippen molar-refractivity contribution in [2.24, 2.45) is 11.3 Å². The smallest absolute Gasteiger partial charge is 0.333 e. The average molecular weight is 438 g/mol. The molecule has 1 heterocycles. The van der Waals surface area contributed by atoms with Gasteiger partial charge in [0.2, 0.25) is 11.8 Å². The van der Waals surface area contributed by atoms with Crippen LogP contribution >= 0.6 is 0 Å². The Bertz CT molecular complexity index is 666. The van der Waals surface area contributed by atoms with Crippen molar-refractivity contribution in [3.8, 4) is 0 Å². The Balaban J connectivity index is 3.10. The molecule has 0 bridgehead atoms. The number of likely N-dealkylation sites (tertiary alicyclic amines) is 1. The summed E-state index contributed by atoms with van der Waals surface area (Å²) in [5.41, 5.74) is 0.00994. The molecule has 1 N–H and O–H groups in total. The molecule has 7 nitrogen and oxygen atoms in total. The van der Waals surface area contributed by atoms with Crippen LogP contribution in [0.15, 0.2) is 11.6 Å². The summed E-state index contributed by atoms with van der Waals surface area (Å²) in [5.74, 6) is -0.553. The Morgan fingerprint density at radius 3 is 2.32 bits per heavy atom. The van der Waals surface area contributed by atoms with Crippen molar-refractivity contribution in [2.45, 2.75) is 85.9 Å². The van der Waals surface area contributed by atoms with Crippen LogP contribution in [0.1, 0.15) is 67.7 Å². The van der Waals surface area contributed by atoms with Crippen molar-refractivity contribution in [3.05, 3.63) is 11.6 Å². The van der Waals surface area contributed by atoms with E-state index in [4.69, 9.17) is 4.74 Å². The maximum absolute atomic E-state index is 13.6. The molecule has 178 valence electrons. The Labute approximate surface area is 188 Å². The van der Waals surface area contributed by atoms with Crippen LogP contribution < -0.4 is 5.32 Å². The highest BCUT2D eigenvalue weighted by atomic mass is 16.5. The summed E-state index contributed by atoms with van der Waals surface area (Å²) < 4.78 is 5.08. The molecule has 0 radical (unpaired) electrons. The second kappa shape index (κ2) is 11.7. The van der Waals surface area contributed by atoms with Crippen molar-refractivity contribution >= 4 is 17.8 Å². The van der Waals surface area contributed by atoms with Crippen molar-refractivity contribution in [1.82, 2.24) is 15.1 Å². The molecular weight excluding hydrogens is 394 g/mol. The maximum Gasteiger partial charge on any atom is 0.333 e. The van der Waals surface area contributed by atoms with Gasteiger partial charge < -0.3 is 15.0 Å². The minimum absolute atomic E-state index is 0.0825. The third-order valence-corrected chi connectivity index (χ3v) is 5.97. The van der Waals surface area contributed by atoms with Gasteiger partial charge in [0.15, 0.2) is 0 Å². The normalized spacial score (nSPS) is 20.2. The number of nitrogens with one attached hydrogen (secondary N) is 1. The van der Waals surface area contributed by atoms with Crippen LogP contribution in [-0.2, 0) is 19.1 Å². The van der Waals surface area contributed by atoms with Gasteiger partial charge in [0.1, 0.15) is 6.04 Å². The van der Waals surface area contributed by atoms with E-state index in [1.165, 1.54) is 0 Å². The van der Waals surface area contributed by atoms with Crippen LogP contribution in [0.5, 0.6) is 0 Å². The number of amides is 2. The molecule has 0 aromatic carbocycles. The molecule has 1 aliphatic rings. The molecule has 1 rings (SSSR count). The van der Waals surface area contributed by atoms with Gasteiger partial charge in [-0.1, -0.05) is 47.1 Å². The van der Waals surface area contributed by atoms with Crippen molar-refractivity contribution in [2.75, 3.05) is 27.2 Å². The van der Waals surface area contributed by atoms with Gasteiger partial charge in [-0.25, -0.2) is 4.79 Å². The standard InChI is InChI=1S/C24H43N3O4/c1-10-31-23(30)17(4)15-19(16(2)3)27(9)22(29)20(24(5,6)7)25-21(28)18-13-11-12-14-26(18)8/h15-16,18-20H,10-14H2,1-9H3,(H,25,28)/b17-15+/t18?,19-,20+/m1/s1. The van der Waals surface area contributed by atoms with E-state index in [-0.39, 0.29) is 35.8 Å². The maximum atomic E-state index is 13.6. The van der Waals surface area contributed by atoms with Crippen molar-refractivity contribution < 1.29 is 19.1 Å². The lowest BCUT2D eigenvalue weighted by molar-refractivity contribution is -0.141. The number of carbonyl (C=O) groups excluding carboxylic acids is 3. The van der Waals surface area contributed by atoms with Crippen molar-refractivity contribution in [3.63, 3.8) is 0 Å². The molecule has 1 saturated heterocycles. The largest absolute Gasteiger partial charge is 0.463 e. The van der Waals surface area contributed by atoms with E-state index in [1.54, 1.807) is 31.9 Å². The Morgan fingerprint density at radius 2 is 1.84 bits per heavy atom. The van der Waals surface area contributed by atoms with Gasteiger partial charge in [0.25, 0.3) is 0 Å². The predicted octanol–water partition coefficient (Wildman–Crippen LogP) is 2.99. The fourth-order valence-electron chi connectivity index (χ4n) is 3.96. The molecule has 0 aromatic rings. The van der Waals surface area contributed by atoms with Crippen LogP contribution in [-0.4, -0.2) is 73.0 Å². The van der Waals surface area contributed by atoms with Crippen LogP contribution in [0.4, 0.5) is 0 Å². The summed E-state index contributed by atoms with van der Waals surface area (Å²) >= 11 is 0. The number of ether oxygens (including phenoxy) is 1. The van der Waals surface area contributed by atoms with Gasteiger partial charge in [-0.05, 0) is 51.6 Å². The lowest BCUT2D eigenvalue weighted by Gasteiger charge is -2.39. The Morgan fingerprint density at radius 1 is 1.23 bits per heavy atom. The number of carbonyl (C=O) groups is 3. The zero-order chi connectivity index (χ0) is 23.9. The average Bonchev–Trinajstić information content (AvgIpc) is 2.68. The zero-order valence-electron chi connectivity index (χ0n) is 20.9. The van der Waals surface area contributed by atoms with Crippen LogP contribution in [0.25, 0.3) is 0 Å². The third kappa shape index (κ3) is 7.63. The van der Waals surface area contributed by atoms with E-state index >= 15 is 0 Å². The summed E-state index contributed by atoms with van der Waals surface area (Å²) in [5, 5.41) is 3.04. The van der Waals surface area contributed by atoms with E-state index < -0.39 is 11.5 Å². The van der Waals surface area contributed by atoms with Gasteiger partial charge in [0, 0.05) is 12.6 Å². The first kappa shape index (κ1) is 27.1. The molecule has 7 heteroatoms. The highest BCUT2D eigenvalue weighted by Crippen LogP contribution is 2.25. The monoisotopic (exact) mass is 437 g/mol. The van der Waals surface area contributed by atoms with E-state index in [1.807, 2.05) is 41.7 Å². The molecule has 0 saturated carbocycles. The minimum atomic E-state index is -0.669. The van der Waals surface area contributed by atoms with E-state index in [2.05, 4.69) is 10.2 Å². The van der Waals surface area contributed by atoms with Gasteiger partial charge in [-0.2, -0.15) is 0 Å². The summed E-state index contributed by atoms with van der Waals surface area (Å²) in [7, 11) is 3.70. The first-order valence-electron chi connectivity index (χ1n) is 11.4. The summed E-state index contributed by atoms with van der Waals surface area (Å²) in [6.07, 6.45) is 4.70. The summed E-state index contributed by atoms with van der Waals surface area (Å²) in [4.78, 5) is 42.4. The number of hydrogen-bond acceptors (Lipinski definition) is 5. The molecule has 2 amide bonds. The fourth-order valence-corrected chi connectivity index (χ4v) is 3.96. The van der Waals surface area contributed by atoms with Crippen LogP contribution in [0, 0.1) is 11.3 Å². The SMILES string of the molecule is CCOC(=O)/C(C)=C/[C@H](C(C)C)N(C)C(=O)[C@H](NC(=O)C1CCCCN1C)C(C)(C)C. The number of piperidine rings is 1. The summed E-state index contributed by atoms with van der Waals surface area (Å²) in [6.45, 7) is 14.5. The first-order valence-corrected chi connectivity index (χ1v) is 11.4. The summed E-state index contributed by atoms with van der Waals surface area (Å²) in [6, 6.07) is -1.17.